The monoisotopic (exact) mass is 235 g/mol. The summed E-state index contributed by atoms with van der Waals surface area (Å²) in [7, 11) is 1.80. The van der Waals surface area contributed by atoms with Gasteiger partial charge < -0.3 is 10.6 Å². The van der Waals surface area contributed by atoms with Crippen LogP contribution in [0.5, 0.6) is 0 Å². The molecule has 0 radical (unpaired) electrons. The van der Waals surface area contributed by atoms with Gasteiger partial charge in [-0.25, -0.2) is 0 Å². The first-order valence-corrected chi connectivity index (χ1v) is 5.71. The van der Waals surface area contributed by atoms with E-state index in [9.17, 15) is 4.79 Å². The summed E-state index contributed by atoms with van der Waals surface area (Å²) in [4.78, 5) is 17.9. The second-order valence-corrected chi connectivity index (χ2v) is 5.42. The van der Waals surface area contributed by atoms with E-state index >= 15 is 0 Å². The van der Waals surface area contributed by atoms with Gasteiger partial charge in [-0.2, -0.15) is 0 Å². The maximum atomic E-state index is 12.3. The number of hydrogen-bond donors (Lipinski definition) is 1. The number of carbonyl (C=O) groups excluding carboxylic acids is 1. The zero-order valence-corrected chi connectivity index (χ0v) is 11.2. The van der Waals surface area contributed by atoms with Crippen LogP contribution in [0.25, 0.3) is 0 Å². The smallest absolute Gasteiger partial charge is 0.257 e. The molecule has 0 spiro atoms. The number of rotatable bonds is 2. The van der Waals surface area contributed by atoms with E-state index in [1.807, 2.05) is 6.92 Å². The van der Waals surface area contributed by atoms with Crippen LogP contribution in [0, 0.1) is 5.41 Å². The van der Waals surface area contributed by atoms with Gasteiger partial charge in [-0.1, -0.05) is 20.8 Å². The number of nitrogens with zero attached hydrogens (tertiary/aromatic N) is 2. The van der Waals surface area contributed by atoms with E-state index in [1.54, 1.807) is 24.2 Å². The average Bonchev–Trinajstić information content (AvgIpc) is 2.25. The number of anilines is 1. The van der Waals surface area contributed by atoms with E-state index in [0.717, 1.165) is 0 Å². The fraction of sp³-hybridized carbons (Fsp3) is 0.538. The minimum atomic E-state index is -0.0852. The molecule has 4 heteroatoms. The van der Waals surface area contributed by atoms with Crippen molar-refractivity contribution in [2.45, 2.75) is 33.7 Å². The van der Waals surface area contributed by atoms with Crippen molar-refractivity contribution in [2.24, 2.45) is 5.41 Å². The van der Waals surface area contributed by atoms with E-state index in [4.69, 9.17) is 5.73 Å². The summed E-state index contributed by atoms with van der Waals surface area (Å²) in [5.74, 6) is -0.0852. The Labute approximate surface area is 103 Å². The third kappa shape index (κ3) is 2.96. The molecule has 94 valence electrons. The van der Waals surface area contributed by atoms with Crippen molar-refractivity contribution >= 4 is 11.6 Å². The van der Waals surface area contributed by atoms with Crippen LogP contribution in [0.2, 0.25) is 0 Å². The molecule has 1 amide bonds. The first kappa shape index (κ1) is 13.5. The van der Waals surface area contributed by atoms with Crippen LogP contribution >= 0.6 is 0 Å². The maximum Gasteiger partial charge on any atom is 0.257 e. The van der Waals surface area contributed by atoms with E-state index < -0.39 is 0 Å². The predicted octanol–water partition coefficient (Wildman–Crippen LogP) is 2.17. The van der Waals surface area contributed by atoms with E-state index in [2.05, 4.69) is 25.8 Å². The van der Waals surface area contributed by atoms with Crippen molar-refractivity contribution < 1.29 is 4.79 Å². The minimum absolute atomic E-state index is 0.0291. The SMILES string of the molecule is CC(N(C)C(=O)c1cnccc1N)C(C)(C)C. The van der Waals surface area contributed by atoms with Crippen LogP contribution in [0.3, 0.4) is 0 Å². The number of hydrogen-bond acceptors (Lipinski definition) is 3. The summed E-state index contributed by atoms with van der Waals surface area (Å²) < 4.78 is 0. The molecule has 1 aromatic heterocycles. The van der Waals surface area contributed by atoms with Gasteiger partial charge in [0.1, 0.15) is 0 Å². The van der Waals surface area contributed by atoms with Gasteiger partial charge in [0.15, 0.2) is 0 Å². The van der Waals surface area contributed by atoms with Crippen molar-refractivity contribution in [1.82, 2.24) is 9.88 Å². The van der Waals surface area contributed by atoms with Gasteiger partial charge in [-0.3, -0.25) is 9.78 Å². The molecule has 0 aromatic carbocycles. The molecule has 1 unspecified atom stereocenters. The molecule has 0 fully saturated rings. The van der Waals surface area contributed by atoms with Crippen LogP contribution < -0.4 is 5.73 Å². The van der Waals surface area contributed by atoms with Gasteiger partial charge in [-0.05, 0) is 18.4 Å². The second-order valence-electron chi connectivity index (χ2n) is 5.42. The Kier molecular flexibility index (Phi) is 3.76. The summed E-state index contributed by atoms with van der Waals surface area (Å²) >= 11 is 0. The van der Waals surface area contributed by atoms with Crippen LogP contribution in [-0.4, -0.2) is 28.9 Å². The number of aromatic nitrogens is 1. The average molecular weight is 235 g/mol. The van der Waals surface area contributed by atoms with Crippen molar-refractivity contribution in [3.05, 3.63) is 24.0 Å². The molecule has 0 saturated carbocycles. The Hall–Kier alpha value is -1.58. The lowest BCUT2D eigenvalue weighted by atomic mass is 9.87. The Bertz CT molecular complexity index is 409. The van der Waals surface area contributed by atoms with Gasteiger partial charge >= 0.3 is 0 Å². The predicted molar refractivity (Wildman–Crippen MR) is 69.7 cm³/mol. The highest BCUT2D eigenvalue weighted by Gasteiger charge is 2.28. The molecular weight excluding hydrogens is 214 g/mol. The Morgan fingerprint density at radius 3 is 2.53 bits per heavy atom. The van der Waals surface area contributed by atoms with Gasteiger partial charge in [-0.15, -0.1) is 0 Å². The number of nitrogens with two attached hydrogens (primary N) is 1. The first-order chi connectivity index (χ1) is 7.75. The lowest BCUT2D eigenvalue weighted by Gasteiger charge is -2.35. The quantitative estimate of drug-likeness (QED) is 0.854. The summed E-state index contributed by atoms with van der Waals surface area (Å²) in [6, 6.07) is 1.76. The molecule has 0 aliphatic rings. The van der Waals surface area contributed by atoms with Crippen LogP contribution in [-0.2, 0) is 0 Å². The molecular formula is C13H21N3O. The van der Waals surface area contributed by atoms with E-state index in [1.165, 1.54) is 6.20 Å². The van der Waals surface area contributed by atoms with Gasteiger partial charge in [0.05, 0.1) is 5.56 Å². The van der Waals surface area contributed by atoms with Crippen molar-refractivity contribution in [2.75, 3.05) is 12.8 Å². The van der Waals surface area contributed by atoms with Gasteiger partial charge in [0.2, 0.25) is 0 Å². The summed E-state index contributed by atoms with van der Waals surface area (Å²) in [5, 5.41) is 0. The highest BCUT2D eigenvalue weighted by molar-refractivity contribution is 5.98. The van der Waals surface area contributed by atoms with E-state index in [0.29, 0.717) is 11.3 Å². The second kappa shape index (κ2) is 4.73. The molecule has 0 saturated heterocycles. The lowest BCUT2D eigenvalue weighted by Crippen LogP contribution is -2.43. The summed E-state index contributed by atoms with van der Waals surface area (Å²) in [6.07, 6.45) is 3.10. The maximum absolute atomic E-state index is 12.3. The standard InChI is InChI=1S/C13H21N3O/c1-9(13(2,3)4)16(5)12(17)10-8-15-7-6-11(10)14/h6-9H,1-5H3,(H2,14,15). The summed E-state index contributed by atoms with van der Waals surface area (Å²) in [5.41, 5.74) is 6.74. The fourth-order valence-electron chi connectivity index (χ4n) is 1.53. The molecule has 2 N–H and O–H groups in total. The third-order valence-corrected chi connectivity index (χ3v) is 3.24. The van der Waals surface area contributed by atoms with Gasteiger partial charge in [0, 0.05) is 31.2 Å². The van der Waals surface area contributed by atoms with Crippen LogP contribution in [0.15, 0.2) is 18.5 Å². The van der Waals surface area contributed by atoms with E-state index in [-0.39, 0.29) is 17.4 Å². The number of pyridine rings is 1. The highest BCUT2D eigenvalue weighted by Crippen LogP contribution is 2.24. The molecule has 1 rings (SSSR count). The Morgan fingerprint density at radius 2 is 2.06 bits per heavy atom. The van der Waals surface area contributed by atoms with Crippen molar-refractivity contribution in [1.29, 1.82) is 0 Å². The number of carbonyl (C=O) groups is 1. The molecule has 17 heavy (non-hydrogen) atoms. The number of nitrogen functional groups attached to an aromatic ring is 1. The minimum Gasteiger partial charge on any atom is -0.398 e. The Balaban J connectivity index is 2.95. The first-order valence-electron chi connectivity index (χ1n) is 5.71. The summed E-state index contributed by atoms with van der Waals surface area (Å²) in [6.45, 7) is 8.35. The molecule has 4 nitrogen and oxygen atoms in total. The van der Waals surface area contributed by atoms with Crippen molar-refractivity contribution in [3.63, 3.8) is 0 Å². The van der Waals surface area contributed by atoms with Crippen LogP contribution in [0.1, 0.15) is 38.1 Å². The van der Waals surface area contributed by atoms with Crippen molar-refractivity contribution in [3.8, 4) is 0 Å². The molecule has 0 aliphatic heterocycles. The molecule has 1 atom stereocenters. The molecule has 0 aliphatic carbocycles. The van der Waals surface area contributed by atoms with Gasteiger partial charge in [0.25, 0.3) is 5.91 Å². The molecule has 1 heterocycles. The highest BCUT2D eigenvalue weighted by atomic mass is 16.2. The zero-order valence-electron chi connectivity index (χ0n) is 11.2. The molecule has 1 aromatic rings. The molecule has 0 bridgehead atoms. The topological polar surface area (TPSA) is 59.2 Å². The fourth-order valence-corrected chi connectivity index (χ4v) is 1.53. The Morgan fingerprint density at radius 1 is 1.47 bits per heavy atom. The van der Waals surface area contributed by atoms with Crippen LogP contribution in [0.4, 0.5) is 5.69 Å². The normalized spacial score (nSPS) is 13.2. The lowest BCUT2D eigenvalue weighted by molar-refractivity contribution is 0.0630. The number of amides is 1. The largest absolute Gasteiger partial charge is 0.398 e. The zero-order chi connectivity index (χ0) is 13.2. The third-order valence-electron chi connectivity index (χ3n) is 3.24.